The third-order valence-electron chi connectivity index (χ3n) is 5.17. The number of rotatable bonds is 9. The zero-order chi connectivity index (χ0) is 21.9. The van der Waals surface area contributed by atoms with Gasteiger partial charge >= 0.3 is 5.97 Å². The summed E-state index contributed by atoms with van der Waals surface area (Å²) in [5.41, 5.74) is 0.828. The van der Waals surface area contributed by atoms with Crippen LogP contribution in [0.5, 0.6) is 0 Å². The molecule has 1 saturated carbocycles. The van der Waals surface area contributed by atoms with E-state index in [9.17, 15) is 18.4 Å². The summed E-state index contributed by atoms with van der Waals surface area (Å²) >= 11 is 0. The minimum absolute atomic E-state index is 0.0279. The van der Waals surface area contributed by atoms with Gasteiger partial charge in [-0.25, -0.2) is 13.6 Å². The summed E-state index contributed by atoms with van der Waals surface area (Å²) in [7, 11) is 0. The Hall–Kier alpha value is -2.87. The molecule has 30 heavy (non-hydrogen) atoms. The third-order valence-corrected chi connectivity index (χ3v) is 5.17. The van der Waals surface area contributed by atoms with Gasteiger partial charge in [0.15, 0.2) is 0 Å². The Kier molecular flexibility index (Phi) is 6.45. The molecule has 0 spiro atoms. The van der Waals surface area contributed by atoms with Crippen molar-refractivity contribution >= 4 is 11.9 Å². The smallest absolute Gasteiger partial charge is 0.335 e. The number of carbonyl (C=O) groups excluding carboxylic acids is 1. The van der Waals surface area contributed by atoms with Crippen LogP contribution in [0.1, 0.15) is 60.3 Å². The highest BCUT2D eigenvalue weighted by Crippen LogP contribution is 2.45. The maximum absolute atomic E-state index is 12.9. The largest absolute Gasteiger partial charge is 0.478 e. The Bertz CT molecular complexity index is 894. The van der Waals surface area contributed by atoms with Gasteiger partial charge in [-0.3, -0.25) is 9.78 Å². The van der Waals surface area contributed by atoms with Gasteiger partial charge in [0, 0.05) is 11.8 Å². The Morgan fingerprint density at radius 1 is 1.17 bits per heavy atom. The van der Waals surface area contributed by atoms with Gasteiger partial charge in [0.25, 0.3) is 6.43 Å². The number of nitrogens with zero attached hydrogens (tertiary/aromatic N) is 1. The summed E-state index contributed by atoms with van der Waals surface area (Å²) in [5, 5.41) is 12.1. The van der Waals surface area contributed by atoms with Crippen LogP contribution in [0.15, 0.2) is 42.6 Å². The summed E-state index contributed by atoms with van der Waals surface area (Å²) in [5.74, 6) is -1.39. The molecule has 1 heterocycles. The molecule has 1 atom stereocenters. The van der Waals surface area contributed by atoms with Gasteiger partial charge in [-0.1, -0.05) is 26.0 Å². The number of pyridine rings is 1. The first kappa shape index (κ1) is 21.8. The molecule has 1 aromatic heterocycles. The van der Waals surface area contributed by atoms with E-state index in [0.29, 0.717) is 5.69 Å². The Morgan fingerprint density at radius 2 is 1.83 bits per heavy atom. The number of alkyl halides is 2. The van der Waals surface area contributed by atoms with Crippen molar-refractivity contribution in [3.8, 4) is 0 Å². The molecular formula is C22H24F2N2O4. The summed E-state index contributed by atoms with van der Waals surface area (Å²) in [6.45, 7) is 3.75. The summed E-state index contributed by atoms with van der Waals surface area (Å²) in [6.07, 6.45) is -0.703. The molecule has 1 aliphatic carbocycles. The number of benzene rings is 1. The van der Waals surface area contributed by atoms with Gasteiger partial charge in [0.05, 0.1) is 23.4 Å². The van der Waals surface area contributed by atoms with Gasteiger partial charge in [-0.15, -0.1) is 0 Å². The number of halogens is 2. The number of carboxylic acids is 1. The van der Waals surface area contributed by atoms with E-state index in [-0.39, 0.29) is 29.6 Å². The molecule has 0 bridgehead atoms. The van der Waals surface area contributed by atoms with E-state index in [1.807, 2.05) is 13.8 Å². The van der Waals surface area contributed by atoms with Crippen LogP contribution in [0.25, 0.3) is 0 Å². The molecule has 6 nitrogen and oxygen atoms in total. The SMILES string of the molecule is CC(C)[C@@H](OCc1ccc(C(F)F)cn1)C(=O)NC1(c2ccc(C(=O)O)cc2)CC1. The van der Waals surface area contributed by atoms with Crippen molar-refractivity contribution in [1.29, 1.82) is 0 Å². The Labute approximate surface area is 173 Å². The molecule has 1 amide bonds. The molecular weight excluding hydrogens is 394 g/mol. The van der Waals surface area contributed by atoms with Crippen molar-refractivity contribution in [2.45, 2.75) is 51.4 Å². The van der Waals surface area contributed by atoms with E-state index >= 15 is 0 Å². The quantitative estimate of drug-likeness (QED) is 0.641. The normalized spacial score (nSPS) is 15.8. The molecule has 8 heteroatoms. The van der Waals surface area contributed by atoms with Crippen LogP contribution in [0, 0.1) is 5.92 Å². The molecule has 2 N–H and O–H groups in total. The molecule has 0 saturated heterocycles. The lowest BCUT2D eigenvalue weighted by atomic mass is 10.0. The predicted molar refractivity (Wildman–Crippen MR) is 105 cm³/mol. The number of nitrogens with one attached hydrogen (secondary N) is 1. The van der Waals surface area contributed by atoms with Crippen molar-refractivity contribution in [3.63, 3.8) is 0 Å². The van der Waals surface area contributed by atoms with E-state index in [1.54, 1.807) is 12.1 Å². The number of aromatic nitrogens is 1. The number of carboxylic acid groups (broad SMARTS) is 1. The molecule has 160 valence electrons. The molecule has 1 fully saturated rings. The molecule has 0 aliphatic heterocycles. The van der Waals surface area contributed by atoms with Crippen molar-refractivity contribution < 1.29 is 28.2 Å². The average Bonchev–Trinajstić information content (AvgIpc) is 3.48. The van der Waals surface area contributed by atoms with Crippen LogP contribution < -0.4 is 5.32 Å². The van der Waals surface area contributed by atoms with Crippen LogP contribution in [0.2, 0.25) is 0 Å². The first-order valence-corrected chi connectivity index (χ1v) is 9.72. The van der Waals surface area contributed by atoms with E-state index in [0.717, 1.165) is 24.6 Å². The molecule has 0 radical (unpaired) electrons. The highest BCUT2D eigenvalue weighted by atomic mass is 19.3. The van der Waals surface area contributed by atoms with Crippen LogP contribution in [0.4, 0.5) is 8.78 Å². The van der Waals surface area contributed by atoms with Crippen molar-refractivity contribution in [1.82, 2.24) is 10.3 Å². The number of aromatic carboxylic acids is 1. The highest BCUT2D eigenvalue weighted by Gasteiger charge is 2.46. The fourth-order valence-electron chi connectivity index (χ4n) is 3.25. The lowest BCUT2D eigenvalue weighted by Crippen LogP contribution is -2.44. The molecule has 3 rings (SSSR count). The standard InChI is InChI=1S/C22H24F2N2O4/c1-13(2)18(30-12-17-8-5-15(11-25-17)19(23)24)20(27)26-22(9-10-22)16-6-3-14(4-7-16)21(28)29/h3-8,11,13,18-19H,9-10,12H2,1-2H3,(H,26,27)(H,28,29)/t18-/m1/s1. The Balaban J connectivity index is 1.64. The van der Waals surface area contributed by atoms with E-state index in [4.69, 9.17) is 9.84 Å². The number of hydrogen-bond donors (Lipinski definition) is 2. The van der Waals surface area contributed by atoms with Gasteiger partial charge in [-0.05, 0) is 48.6 Å². The lowest BCUT2D eigenvalue weighted by Gasteiger charge is -2.25. The van der Waals surface area contributed by atoms with Gasteiger partial charge in [-0.2, -0.15) is 0 Å². The van der Waals surface area contributed by atoms with Gasteiger partial charge < -0.3 is 15.2 Å². The second kappa shape index (κ2) is 8.87. The van der Waals surface area contributed by atoms with E-state index in [2.05, 4.69) is 10.3 Å². The predicted octanol–water partition coefficient (Wildman–Crippen LogP) is 4.06. The fourth-order valence-corrected chi connectivity index (χ4v) is 3.25. The maximum Gasteiger partial charge on any atom is 0.335 e. The van der Waals surface area contributed by atoms with Crippen molar-refractivity contribution in [2.75, 3.05) is 0 Å². The summed E-state index contributed by atoms with van der Waals surface area (Å²) in [4.78, 5) is 27.9. The van der Waals surface area contributed by atoms with Crippen molar-refractivity contribution in [3.05, 3.63) is 65.0 Å². The maximum atomic E-state index is 12.9. The van der Waals surface area contributed by atoms with Crippen LogP contribution in [0.3, 0.4) is 0 Å². The summed E-state index contributed by atoms with van der Waals surface area (Å²) in [6, 6.07) is 9.24. The van der Waals surface area contributed by atoms with Gasteiger partial charge in [0.2, 0.25) is 5.91 Å². The first-order chi connectivity index (χ1) is 14.2. The molecule has 1 aliphatic rings. The number of carbonyl (C=O) groups is 2. The van der Waals surface area contributed by atoms with E-state index < -0.39 is 24.0 Å². The molecule has 0 unspecified atom stereocenters. The average molecular weight is 418 g/mol. The minimum Gasteiger partial charge on any atom is -0.478 e. The number of amides is 1. The summed E-state index contributed by atoms with van der Waals surface area (Å²) < 4.78 is 31.0. The van der Waals surface area contributed by atoms with Crippen LogP contribution >= 0.6 is 0 Å². The lowest BCUT2D eigenvalue weighted by molar-refractivity contribution is -0.137. The minimum atomic E-state index is -2.58. The fraction of sp³-hybridized carbons (Fsp3) is 0.409. The van der Waals surface area contributed by atoms with Crippen LogP contribution in [-0.2, 0) is 21.7 Å². The van der Waals surface area contributed by atoms with E-state index in [1.165, 1.54) is 24.3 Å². The number of hydrogen-bond acceptors (Lipinski definition) is 4. The monoisotopic (exact) mass is 418 g/mol. The molecule has 1 aromatic carbocycles. The van der Waals surface area contributed by atoms with Gasteiger partial charge in [0.1, 0.15) is 6.10 Å². The topological polar surface area (TPSA) is 88.5 Å². The van der Waals surface area contributed by atoms with Crippen molar-refractivity contribution in [2.24, 2.45) is 5.92 Å². The third kappa shape index (κ3) is 4.99. The second-order valence-corrected chi connectivity index (χ2v) is 7.81. The molecule has 2 aromatic rings. The highest BCUT2D eigenvalue weighted by molar-refractivity contribution is 5.87. The Morgan fingerprint density at radius 3 is 2.30 bits per heavy atom. The zero-order valence-corrected chi connectivity index (χ0v) is 16.8. The number of ether oxygens (including phenoxy) is 1. The second-order valence-electron chi connectivity index (χ2n) is 7.81. The zero-order valence-electron chi connectivity index (χ0n) is 16.8. The first-order valence-electron chi connectivity index (χ1n) is 9.72. The van der Waals surface area contributed by atoms with Crippen LogP contribution in [-0.4, -0.2) is 28.1 Å².